The van der Waals surface area contributed by atoms with Gasteiger partial charge in [0.2, 0.25) is 5.91 Å². The van der Waals surface area contributed by atoms with Gasteiger partial charge in [0.05, 0.1) is 0 Å². The summed E-state index contributed by atoms with van der Waals surface area (Å²) in [7, 11) is 0. The summed E-state index contributed by atoms with van der Waals surface area (Å²) in [5, 5.41) is 0. The van der Waals surface area contributed by atoms with Crippen LogP contribution < -0.4 is 5.73 Å². The number of carbonyl (C=O) groups is 1. The smallest absolute Gasteiger partial charge is 0.221 e. The van der Waals surface area contributed by atoms with Gasteiger partial charge >= 0.3 is 0 Å². The molecule has 0 rings (SSSR count). The molecule has 0 aliphatic carbocycles. The summed E-state index contributed by atoms with van der Waals surface area (Å²) >= 11 is 0. The number of rotatable bonds is 16. The standard InChI is InChI=1S/C20H37NO/c1-3-5-6-7-8-9-10-11-12-13-14-15-16-18-19(17-4-2)20(21)22/h2,19H,3,5-18H2,1H3,(H2,21,22). The van der Waals surface area contributed by atoms with E-state index in [1.165, 1.54) is 77.0 Å². The number of carbonyl (C=O) groups excluding carboxylic acids is 1. The lowest BCUT2D eigenvalue weighted by molar-refractivity contribution is -0.121. The number of nitrogens with two attached hydrogens (primary N) is 1. The van der Waals surface area contributed by atoms with Gasteiger partial charge in [-0.25, -0.2) is 0 Å². The monoisotopic (exact) mass is 307 g/mol. The van der Waals surface area contributed by atoms with Crippen LogP contribution in [-0.4, -0.2) is 5.91 Å². The maximum absolute atomic E-state index is 11.2. The van der Waals surface area contributed by atoms with Crippen molar-refractivity contribution in [3.05, 3.63) is 0 Å². The Kier molecular flexibility index (Phi) is 15.7. The van der Waals surface area contributed by atoms with E-state index in [1.54, 1.807) is 0 Å². The summed E-state index contributed by atoms with van der Waals surface area (Å²) in [6, 6.07) is 0. The zero-order valence-electron chi connectivity index (χ0n) is 14.7. The molecule has 0 radical (unpaired) electrons. The van der Waals surface area contributed by atoms with Crippen molar-refractivity contribution in [2.24, 2.45) is 11.7 Å². The van der Waals surface area contributed by atoms with E-state index in [1.807, 2.05) is 0 Å². The molecule has 22 heavy (non-hydrogen) atoms. The molecule has 0 bridgehead atoms. The van der Waals surface area contributed by atoms with Crippen molar-refractivity contribution in [1.29, 1.82) is 0 Å². The largest absolute Gasteiger partial charge is 0.369 e. The quantitative estimate of drug-likeness (QED) is 0.293. The lowest BCUT2D eigenvalue weighted by Gasteiger charge is -2.09. The van der Waals surface area contributed by atoms with E-state index >= 15 is 0 Å². The van der Waals surface area contributed by atoms with E-state index in [9.17, 15) is 4.79 Å². The molecule has 1 amide bonds. The second kappa shape index (κ2) is 16.4. The first-order valence-electron chi connectivity index (χ1n) is 9.45. The molecule has 1 unspecified atom stereocenters. The Hall–Kier alpha value is -0.970. The van der Waals surface area contributed by atoms with E-state index in [0.717, 1.165) is 12.8 Å². The minimum absolute atomic E-state index is 0.113. The molecule has 1 atom stereocenters. The normalized spacial score (nSPS) is 12.0. The first-order valence-corrected chi connectivity index (χ1v) is 9.45. The molecule has 0 aromatic carbocycles. The van der Waals surface area contributed by atoms with Crippen LogP contribution in [-0.2, 0) is 4.79 Å². The first kappa shape index (κ1) is 21.0. The van der Waals surface area contributed by atoms with Gasteiger partial charge in [0.1, 0.15) is 0 Å². The fraction of sp³-hybridized carbons (Fsp3) is 0.850. The highest BCUT2D eigenvalue weighted by Gasteiger charge is 2.12. The van der Waals surface area contributed by atoms with E-state index < -0.39 is 0 Å². The first-order chi connectivity index (χ1) is 10.7. The van der Waals surface area contributed by atoms with Gasteiger partial charge < -0.3 is 5.73 Å². The fourth-order valence-corrected chi connectivity index (χ4v) is 2.90. The van der Waals surface area contributed by atoms with Gasteiger partial charge in [-0.05, 0) is 6.42 Å². The minimum atomic E-state index is -0.239. The predicted octanol–water partition coefficient (Wildman–Crippen LogP) is 5.59. The maximum atomic E-state index is 11.2. The number of hydrogen-bond acceptors (Lipinski definition) is 1. The summed E-state index contributed by atoms with van der Waals surface area (Å²) < 4.78 is 0. The van der Waals surface area contributed by atoms with Crippen molar-refractivity contribution in [3.63, 3.8) is 0 Å². The molecule has 2 N–H and O–H groups in total. The molecule has 0 aromatic heterocycles. The molecule has 0 aliphatic rings. The van der Waals surface area contributed by atoms with E-state index in [0.29, 0.717) is 6.42 Å². The fourth-order valence-electron chi connectivity index (χ4n) is 2.90. The number of primary amides is 1. The lowest BCUT2D eigenvalue weighted by Crippen LogP contribution is -2.22. The van der Waals surface area contributed by atoms with Crippen LogP contribution in [0.3, 0.4) is 0 Å². The SMILES string of the molecule is C#CCC(CCCCCCCCCCCCCCC)C(N)=O. The van der Waals surface area contributed by atoms with Crippen LogP contribution in [0.4, 0.5) is 0 Å². The summed E-state index contributed by atoms with van der Waals surface area (Å²) in [6.07, 6.45) is 24.0. The minimum Gasteiger partial charge on any atom is -0.369 e. The Morgan fingerprint density at radius 3 is 1.64 bits per heavy atom. The topological polar surface area (TPSA) is 43.1 Å². The molecule has 2 heteroatoms. The summed E-state index contributed by atoms with van der Waals surface area (Å²) in [5.74, 6) is 2.19. The van der Waals surface area contributed by atoms with Gasteiger partial charge in [0.15, 0.2) is 0 Å². The van der Waals surface area contributed by atoms with Crippen molar-refractivity contribution >= 4 is 5.91 Å². The van der Waals surface area contributed by atoms with Gasteiger partial charge in [0, 0.05) is 12.3 Å². The Bertz CT molecular complexity index is 293. The zero-order valence-corrected chi connectivity index (χ0v) is 14.7. The second-order valence-electron chi connectivity index (χ2n) is 6.54. The van der Waals surface area contributed by atoms with Crippen LogP contribution in [0.2, 0.25) is 0 Å². The van der Waals surface area contributed by atoms with Gasteiger partial charge in [-0.1, -0.05) is 90.4 Å². The van der Waals surface area contributed by atoms with Crippen molar-refractivity contribution in [2.75, 3.05) is 0 Å². The highest BCUT2D eigenvalue weighted by atomic mass is 16.1. The van der Waals surface area contributed by atoms with Gasteiger partial charge in [0.25, 0.3) is 0 Å². The molecule has 0 fully saturated rings. The average Bonchev–Trinajstić information content (AvgIpc) is 2.50. The number of unbranched alkanes of at least 4 members (excludes halogenated alkanes) is 12. The number of amides is 1. The van der Waals surface area contributed by atoms with Crippen LogP contribution in [0, 0.1) is 18.3 Å². The summed E-state index contributed by atoms with van der Waals surface area (Å²) in [4.78, 5) is 11.2. The summed E-state index contributed by atoms with van der Waals surface area (Å²) in [6.45, 7) is 2.27. The van der Waals surface area contributed by atoms with Gasteiger partial charge in [-0.15, -0.1) is 12.3 Å². The van der Waals surface area contributed by atoms with Crippen LogP contribution in [0.1, 0.15) is 103 Å². The predicted molar refractivity (Wildman–Crippen MR) is 96.4 cm³/mol. The van der Waals surface area contributed by atoms with Crippen LogP contribution in [0.5, 0.6) is 0 Å². The molecule has 0 saturated heterocycles. The number of terminal acetylenes is 1. The molecule has 0 spiro atoms. The molecule has 2 nitrogen and oxygen atoms in total. The average molecular weight is 308 g/mol. The van der Waals surface area contributed by atoms with Gasteiger partial charge in [-0.3, -0.25) is 4.79 Å². The van der Waals surface area contributed by atoms with E-state index in [4.69, 9.17) is 12.2 Å². The lowest BCUT2D eigenvalue weighted by atomic mass is 9.97. The molecule has 0 heterocycles. The molecular formula is C20H37NO. The van der Waals surface area contributed by atoms with Gasteiger partial charge in [-0.2, -0.15) is 0 Å². The summed E-state index contributed by atoms with van der Waals surface area (Å²) in [5.41, 5.74) is 5.34. The Morgan fingerprint density at radius 1 is 0.864 bits per heavy atom. The third kappa shape index (κ3) is 14.0. The molecule has 0 aromatic rings. The third-order valence-corrected chi connectivity index (χ3v) is 4.42. The third-order valence-electron chi connectivity index (χ3n) is 4.42. The van der Waals surface area contributed by atoms with Crippen molar-refractivity contribution in [2.45, 2.75) is 103 Å². The van der Waals surface area contributed by atoms with Crippen molar-refractivity contribution < 1.29 is 4.79 Å². The van der Waals surface area contributed by atoms with Crippen molar-refractivity contribution in [3.8, 4) is 12.3 Å². The van der Waals surface area contributed by atoms with E-state index in [2.05, 4.69) is 12.8 Å². The second-order valence-corrected chi connectivity index (χ2v) is 6.54. The number of hydrogen-bond donors (Lipinski definition) is 1. The van der Waals surface area contributed by atoms with Crippen LogP contribution >= 0.6 is 0 Å². The maximum Gasteiger partial charge on any atom is 0.221 e. The zero-order chi connectivity index (χ0) is 16.5. The van der Waals surface area contributed by atoms with E-state index in [-0.39, 0.29) is 11.8 Å². The molecular weight excluding hydrogens is 270 g/mol. The molecule has 0 saturated carbocycles. The van der Waals surface area contributed by atoms with Crippen molar-refractivity contribution in [1.82, 2.24) is 0 Å². The Balaban J connectivity index is 3.23. The molecule has 128 valence electrons. The Morgan fingerprint density at radius 2 is 1.27 bits per heavy atom. The highest BCUT2D eigenvalue weighted by Crippen LogP contribution is 2.16. The van der Waals surface area contributed by atoms with Crippen LogP contribution in [0.25, 0.3) is 0 Å². The molecule has 0 aliphatic heterocycles. The van der Waals surface area contributed by atoms with Crippen LogP contribution in [0.15, 0.2) is 0 Å². The Labute approximate surface area is 138 Å². The highest BCUT2D eigenvalue weighted by molar-refractivity contribution is 5.76.